The highest BCUT2D eigenvalue weighted by atomic mass is 32.1. The predicted octanol–water partition coefficient (Wildman–Crippen LogP) is 4.68. The first-order valence-electron chi connectivity index (χ1n) is 10.3. The van der Waals surface area contributed by atoms with Crippen molar-refractivity contribution in [1.82, 2.24) is 19.7 Å². The third-order valence-corrected chi connectivity index (χ3v) is 6.41. The molecule has 0 saturated heterocycles. The molecule has 156 valence electrons. The monoisotopic (exact) mass is 413 g/mol. The van der Waals surface area contributed by atoms with E-state index in [1.807, 2.05) is 10.9 Å². The maximum atomic E-state index is 13.4. The molecular weight excluding hydrogens is 382 g/mol. The fourth-order valence-corrected chi connectivity index (χ4v) is 4.46. The Labute approximate surface area is 177 Å². The van der Waals surface area contributed by atoms with Gasteiger partial charge in [-0.2, -0.15) is 5.10 Å². The van der Waals surface area contributed by atoms with Crippen molar-refractivity contribution in [1.29, 1.82) is 0 Å². The van der Waals surface area contributed by atoms with Crippen LogP contribution in [0.5, 0.6) is 0 Å². The number of aryl methyl sites for hydroxylation is 2. The molecule has 3 rings (SSSR count). The second-order valence-corrected chi connectivity index (χ2v) is 8.66. The van der Waals surface area contributed by atoms with Crippen LogP contribution in [0.2, 0.25) is 0 Å². The number of rotatable bonds is 8. The van der Waals surface area contributed by atoms with Gasteiger partial charge in [-0.25, -0.2) is 4.98 Å². The summed E-state index contributed by atoms with van der Waals surface area (Å²) in [6.45, 7) is 15.9. The normalized spacial score (nSPS) is 11.7. The van der Waals surface area contributed by atoms with E-state index >= 15 is 0 Å². The highest BCUT2D eigenvalue weighted by molar-refractivity contribution is 7.22. The maximum Gasteiger partial charge on any atom is 0.280 e. The molecule has 1 amide bonds. The predicted molar refractivity (Wildman–Crippen MR) is 121 cm³/mol. The summed E-state index contributed by atoms with van der Waals surface area (Å²) in [4.78, 5) is 22.3. The lowest BCUT2D eigenvalue weighted by atomic mass is 10.1. The Hall–Kier alpha value is -2.25. The maximum absolute atomic E-state index is 13.4. The summed E-state index contributed by atoms with van der Waals surface area (Å²) in [5.74, 6) is -0.0926. The highest BCUT2D eigenvalue weighted by Crippen LogP contribution is 2.32. The van der Waals surface area contributed by atoms with E-state index in [0.717, 1.165) is 35.0 Å². The van der Waals surface area contributed by atoms with E-state index < -0.39 is 0 Å². The van der Waals surface area contributed by atoms with Crippen LogP contribution >= 0.6 is 11.3 Å². The molecule has 2 aromatic heterocycles. The van der Waals surface area contributed by atoms with Gasteiger partial charge >= 0.3 is 0 Å². The largest absolute Gasteiger partial charge is 0.302 e. The second kappa shape index (κ2) is 9.05. The van der Waals surface area contributed by atoms with Gasteiger partial charge in [0.15, 0.2) is 10.8 Å². The first-order chi connectivity index (χ1) is 13.8. The Balaban J connectivity index is 1.98. The van der Waals surface area contributed by atoms with E-state index in [0.29, 0.717) is 12.2 Å². The van der Waals surface area contributed by atoms with Crippen LogP contribution in [0.1, 0.15) is 55.4 Å². The van der Waals surface area contributed by atoms with E-state index in [1.54, 1.807) is 22.3 Å². The van der Waals surface area contributed by atoms with Gasteiger partial charge in [0.2, 0.25) is 0 Å². The Bertz CT molecular complexity index is 986. The van der Waals surface area contributed by atoms with Crippen molar-refractivity contribution in [3.63, 3.8) is 0 Å². The SMILES string of the molecule is CCN(CC)CCN(C(=O)c1ccn(C(C)C)n1)c1nc2cc(C)cc(C)c2s1. The summed E-state index contributed by atoms with van der Waals surface area (Å²) in [6.07, 6.45) is 1.87. The molecule has 0 aliphatic heterocycles. The van der Waals surface area contributed by atoms with Gasteiger partial charge in [-0.1, -0.05) is 31.3 Å². The van der Waals surface area contributed by atoms with E-state index in [9.17, 15) is 4.79 Å². The molecule has 0 N–H and O–H groups in total. The van der Waals surface area contributed by atoms with Crippen molar-refractivity contribution in [2.24, 2.45) is 0 Å². The van der Waals surface area contributed by atoms with Crippen LogP contribution in [0, 0.1) is 13.8 Å². The molecule has 0 saturated carbocycles. The van der Waals surface area contributed by atoms with Gasteiger partial charge in [0, 0.05) is 25.3 Å². The van der Waals surface area contributed by atoms with Crippen LogP contribution in [0.3, 0.4) is 0 Å². The lowest BCUT2D eigenvalue weighted by Gasteiger charge is -2.24. The smallest absolute Gasteiger partial charge is 0.280 e. The zero-order valence-electron chi connectivity index (χ0n) is 18.3. The molecule has 1 aromatic carbocycles. The van der Waals surface area contributed by atoms with Crippen molar-refractivity contribution >= 4 is 32.6 Å². The molecular formula is C22H31N5OS. The standard InChI is InChI=1S/C22H31N5OS/c1-7-25(8-2)11-12-26(21(28)18-9-10-27(24-18)15(3)4)22-23-19-14-16(5)13-17(6)20(19)29-22/h9-10,13-15H,7-8,11-12H2,1-6H3. The van der Waals surface area contributed by atoms with Crippen LogP contribution in [-0.2, 0) is 0 Å². The van der Waals surface area contributed by atoms with E-state index in [4.69, 9.17) is 4.98 Å². The molecule has 0 atom stereocenters. The summed E-state index contributed by atoms with van der Waals surface area (Å²) in [5, 5.41) is 5.24. The molecule has 29 heavy (non-hydrogen) atoms. The quantitative estimate of drug-likeness (QED) is 0.538. The fourth-order valence-electron chi connectivity index (χ4n) is 3.42. The Morgan fingerprint density at radius 1 is 1.17 bits per heavy atom. The third kappa shape index (κ3) is 4.67. The molecule has 0 spiro atoms. The number of nitrogens with zero attached hydrogens (tertiary/aromatic N) is 5. The second-order valence-electron chi connectivity index (χ2n) is 7.68. The zero-order chi connectivity index (χ0) is 21.1. The van der Waals surface area contributed by atoms with Crippen molar-refractivity contribution < 1.29 is 4.79 Å². The van der Waals surface area contributed by atoms with Crippen molar-refractivity contribution in [2.45, 2.75) is 47.6 Å². The minimum atomic E-state index is -0.0926. The number of hydrogen-bond acceptors (Lipinski definition) is 5. The molecule has 2 heterocycles. The molecule has 3 aromatic rings. The van der Waals surface area contributed by atoms with E-state index in [1.165, 1.54) is 11.1 Å². The zero-order valence-corrected chi connectivity index (χ0v) is 19.1. The molecule has 0 aliphatic carbocycles. The average Bonchev–Trinajstić information content (AvgIpc) is 3.32. The van der Waals surface area contributed by atoms with Crippen molar-refractivity contribution in [3.05, 3.63) is 41.2 Å². The van der Waals surface area contributed by atoms with Crippen LogP contribution in [-0.4, -0.2) is 51.8 Å². The average molecular weight is 414 g/mol. The Morgan fingerprint density at radius 3 is 2.52 bits per heavy atom. The summed E-state index contributed by atoms with van der Waals surface area (Å²) in [5.41, 5.74) is 3.80. The number of fused-ring (bicyclic) bond motifs is 1. The number of thiazole rings is 1. The summed E-state index contributed by atoms with van der Waals surface area (Å²) in [7, 11) is 0. The van der Waals surface area contributed by atoms with Gasteiger partial charge in [0.1, 0.15) is 0 Å². The first kappa shape index (κ1) is 21.5. The van der Waals surface area contributed by atoms with Gasteiger partial charge in [-0.15, -0.1) is 0 Å². The minimum Gasteiger partial charge on any atom is -0.302 e. The van der Waals surface area contributed by atoms with Gasteiger partial charge in [0.25, 0.3) is 5.91 Å². The van der Waals surface area contributed by atoms with Crippen molar-refractivity contribution in [2.75, 3.05) is 31.1 Å². The number of aromatic nitrogens is 3. The molecule has 0 fully saturated rings. The van der Waals surface area contributed by atoms with Gasteiger partial charge in [-0.3, -0.25) is 14.4 Å². The molecule has 0 aliphatic rings. The fraction of sp³-hybridized carbons (Fsp3) is 0.500. The third-order valence-electron chi connectivity index (χ3n) is 5.18. The lowest BCUT2D eigenvalue weighted by Crippen LogP contribution is -2.39. The topological polar surface area (TPSA) is 54.3 Å². The number of anilines is 1. The molecule has 7 heteroatoms. The molecule has 0 unspecified atom stereocenters. The minimum absolute atomic E-state index is 0.0926. The number of carbonyl (C=O) groups excluding carboxylic acids is 1. The molecule has 0 bridgehead atoms. The lowest BCUT2D eigenvalue weighted by molar-refractivity contribution is 0.0978. The molecule has 6 nitrogen and oxygen atoms in total. The summed E-state index contributed by atoms with van der Waals surface area (Å²) < 4.78 is 2.96. The van der Waals surface area contributed by atoms with Crippen LogP contribution < -0.4 is 4.90 Å². The van der Waals surface area contributed by atoms with Crippen molar-refractivity contribution in [3.8, 4) is 0 Å². The van der Waals surface area contributed by atoms with Crippen LogP contribution in [0.15, 0.2) is 24.4 Å². The first-order valence-corrected chi connectivity index (χ1v) is 11.1. The van der Waals surface area contributed by atoms with Crippen LogP contribution in [0.4, 0.5) is 5.13 Å². The Kier molecular flexibility index (Phi) is 6.70. The van der Waals surface area contributed by atoms with Gasteiger partial charge < -0.3 is 4.90 Å². The number of likely N-dealkylation sites (N-methyl/N-ethyl adjacent to an activating group) is 1. The summed E-state index contributed by atoms with van der Waals surface area (Å²) in [6, 6.07) is 6.27. The number of carbonyl (C=O) groups is 1. The highest BCUT2D eigenvalue weighted by Gasteiger charge is 2.24. The number of amides is 1. The van der Waals surface area contributed by atoms with E-state index in [-0.39, 0.29) is 11.9 Å². The van der Waals surface area contributed by atoms with Gasteiger partial charge in [0.05, 0.1) is 10.2 Å². The molecule has 0 radical (unpaired) electrons. The summed E-state index contributed by atoms with van der Waals surface area (Å²) >= 11 is 1.58. The number of benzene rings is 1. The number of hydrogen-bond donors (Lipinski definition) is 0. The van der Waals surface area contributed by atoms with Gasteiger partial charge in [-0.05, 0) is 64.0 Å². The Morgan fingerprint density at radius 2 is 1.90 bits per heavy atom. The van der Waals surface area contributed by atoms with E-state index in [2.05, 4.69) is 63.7 Å². The van der Waals surface area contributed by atoms with Crippen LogP contribution in [0.25, 0.3) is 10.2 Å².